The van der Waals surface area contributed by atoms with Crippen molar-refractivity contribution in [2.24, 2.45) is 7.05 Å². The maximum atomic E-state index is 13.1. The highest BCUT2D eigenvalue weighted by Gasteiger charge is 2.30. The summed E-state index contributed by atoms with van der Waals surface area (Å²) in [5.74, 6) is -0.711. The molecule has 0 aliphatic carbocycles. The second-order valence-corrected chi connectivity index (χ2v) is 9.58. The molecular formula is C31H25F3N6O2. The van der Waals surface area contributed by atoms with Gasteiger partial charge in [0.05, 0.1) is 17.0 Å². The van der Waals surface area contributed by atoms with Crippen molar-refractivity contribution in [3.63, 3.8) is 0 Å². The number of imidazole rings is 1. The molecule has 11 heteroatoms. The number of carbonyl (C=O) groups is 2. The number of nitrogens with one attached hydrogen (secondary N) is 2. The van der Waals surface area contributed by atoms with Crippen LogP contribution in [0.3, 0.4) is 0 Å². The van der Waals surface area contributed by atoms with E-state index < -0.39 is 23.6 Å². The molecule has 3 aromatic carbocycles. The fourth-order valence-corrected chi connectivity index (χ4v) is 4.30. The van der Waals surface area contributed by atoms with E-state index in [-0.39, 0.29) is 23.8 Å². The van der Waals surface area contributed by atoms with E-state index in [0.29, 0.717) is 11.1 Å². The fraction of sp³-hybridized carbons (Fsp3) is 0.129. The Balaban J connectivity index is 1.24. The average molecular weight is 571 g/mol. The van der Waals surface area contributed by atoms with Gasteiger partial charge in [-0.3, -0.25) is 9.59 Å². The van der Waals surface area contributed by atoms with Crippen molar-refractivity contribution in [3.05, 3.63) is 119 Å². The number of hydrogen-bond donors (Lipinski definition) is 2. The van der Waals surface area contributed by atoms with Crippen LogP contribution in [0.1, 0.15) is 37.8 Å². The summed E-state index contributed by atoms with van der Waals surface area (Å²) in [7, 11) is 1.63. The lowest BCUT2D eigenvalue weighted by Crippen LogP contribution is -2.25. The lowest BCUT2D eigenvalue weighted by Gasteiger charge is -2.11. The molecule has 0 aliphatic rings. The molecule has 5 aromatic rings. The zero-order valence-electron chi connectivity index (χ0n) is 22.6. The van der Waals surface area contributed by atoms with Crippen LogP contribution in [-0.2, 0) is 19.8 Å². The lowest BCUT2D eigenvalue weighted by molar-refractivity contribution is -0.137. The molecule has 0 fully saturated rings. The van der Waals surface area contributed by atoms with Gasteiger partial charge in [0.2, 0.25) is 5.82 Å². The minimum absolute atomic E-state index is 0.0906. The number of aryl methyl sites for hydroxylation is 2. The summed E-state index contributed by atoms with van der Waals surface area (Å²) in [6.07, 6.45) is -2.95. The highest BCUT2D eigenvalue weighted by molar-refractivity contribution is 6.08. The standard InChI is InChI=1S/C31H25F3N6O2/c1-19-7-16-26(39-38-19)22-10-8-20(9-11-22)17-35-30(42)28-36-27(18-40(28)2)37-29(41)25-6-4-3-5-24(25)21-12-14-23(15-13-21)31(32,33)34/h3-16,18H,17H2,1-2H3,(H,35,42)(H,37,41). The number of rotatable bonds is 7. The molecule has 0 unspecified atom stereocenters. The molecule has 0 atom stereocenters. The Labute approximate surface area is 239 Å². The first kappa shape index (κ1) is 28.2. The van der Waals surface area contributed by atoms with Gasteiger partial charge in [0.15, 0.2) is 5.82 Å². The number of aromatic nitrogens is 4. The van der Waals surface area contributed by atoms with Crippen molar-refractivity contribution < 1.29 is 22.8 Å². The van der Waals surface area contributed by atoms with E-state index in [1.807, 2.05) is 43.3 Å². The third-order valence-corrected chi connectivity index (χ3v) is 6.52. The lowest BCUT2D eigenvalue weighted by atomic mass is 9.98. The number of nitrogens with zero attached hydrogens (tertiary/aromatic N) is 4. The minimum atomic E-state index is -4.46. The van der Waals surface area contributed by atoms with Crippen LogP contribution in [0.5, 0.6) is 0 Å². The Morgan fingerprint density at radius 1 is 0.833 bits per heavy atom. The van der Waals surface area contributed by atoms with Gasteiger partial charge in [-0.15, -0.1) is 0 Å². The first-order chi connectivity index (χ1) is 20.1. The largest absolute Gasteiger partial charge is 0.416 e. The molecule has 0 saturated carbocycles. The van der Waals surface area contributed by atoms with Gasteiger partial charge >= 0.3 is 6.18 Å². The van der Waals surface area contributed by atoms with Gasteiger partial charge in [0.25, 0.3) is 11.8 Å². The molecular weight excluding hydrogens is 545 g/mol. The molecule has 0 radical (unpaired) electrons. The van der Waals surface area contributed by atoms with Gasteiger partial charge in [-0.05, 0) is 53.9 Å². The number of alkyl halides is 3. The quantitative estimate of drug-likeness (QED) is 0.248. The van der Waals surface area contributed by atoms with E-state index in [1.165, 1.54) is 22.9 Å². The number of halogens is 3. The van der Waals surface area contributed by atoms with Crippen LogP contribution in [-0.4, -0.2) is 31.6 Å². The van der Waals surface area contributed by atoms with Gasteiger partial charge in [0.1, 0.15) is 0 Å². The van der Waals surface area contributed by atoms with Crippen LogP contribution >= 0.6 is 0 Å². The molecule has 2 heterocycles. The van der Waals surface area contributed by atoms with Crippen LogP contribution < -0.4 is 10.6 Å². The summed E-state index contributed by atoms with van der Waals surface area (Å²) in [5, 5.41) is 13.7. The summed E-state index contributed by atoms with van der Waals surface area (Å²) in [6.45, 7) is 2.13. The number of hydrogen-bond acceptors (Lipinski definition) is 5. The molecule has 2 amide bonds. The van der Waals surface area contributed by atoms with Crippen LogP contribution in [0.4, 0.5) is 19.0 Å². The molecule has 2 aromatic heterocycles. The molecule has 8 nitrogen and oxygen atoms in total. The Kier molecular flexibility index (Phi) is 7.83. The molecule has 42 heavy (non-hydrogen) atoms. The number of amides is 2. The molecule has 5 rings (SSSR count). The predicted octanol–water partition coefficient (Wildman–Crippen LogP) is 6.05. The predicted molar refractivity (Wildman–Crippen MR) is 151 cm³/mol. The van der Waals surface area contributed by atoms with Crippen LogP contribution in [0.15, 0.2) is 91.1 Å². The van der Waals surface area contributed by atoms with Gasteiger partial charge < -0.3 is 15.2 Å². The topological polar surface area (TPSA) is 102 Å². The van der Waals surface area contributed by atoms with Crippen molar-refractivity contribution >= 4 is 17.6 Å². The van der Waals surface area contributed by atoms with Crippen LogP contribution in [0, 0.1) is 6.92 Å². The summed E-state index contributed by atoms with van der Waals surface area (Å²) >= 11 is 0. The Hall–Kier alpha value is -5.32. The first-order valence-electron chi connectivity index (χ1n) is 12.9. The summed E-state index contributed by atoms with van der Waals surface area (Å²) in [5.41, 5.74) is 3.74. The maximum Gasteiger partial charge on any atom is 0.416 e. The summed E-state index contributed by atoms with van der Waals surface area (Å²) in [4.78, 5) is 30.3. The molecule has 0 saturated heterocycles. The van der Waals surface area contributed by atoms with E-state index >= 15 is 0 Å². The van der Waals surface area contributed by atoms with E-state index in [0.717, 1.165) is 34.6 Å². The smallest absolute Gasteiger partial charge is 0.345 e. The fourth-order valence-electron chi connectivity index (χ4n) is 4.30. The van der Waals surface area contributed by atoms with Crippen molar-refractivity contribution in [3.8, 4) is 22.4 Å². The summed E-state index contributed by atoms with van der Waals surface area (Å²) in [6, 6.07) is 22.5. The highest BCUT2D eigenvalue weighted by atomic mass is 19.4. The second kappa shape index (κ2) is 11.7. The molecule has 2 N–H and O–H groups in total. The zero-order valence-corrected chi connectivity index (χ0v) is 22.6. The molecule has 0 aliphatic heterocycles. The number of anilines is 1. The van der Waals surface area contributed by atoms with E-state index in [2.05, 4.69) is 25.8 Å². The highest BCUT2D eigenvalue weighted by Crippen LogP contribution is 2.32. The van der Waals surface area contributed by atoms with Crippen LogP contribution in [0.2, 0.25) is 0 Å². The van der Waals surface area contributed by atoms with Crippen molar-refractivity contribution in [1.29, 1.82) is 0 Å². The monoisotopic (exact) mass is 570 g/mol. The molecule has 212 valence electrons. The van der Waals surface area contributed by atoms with Crippen molar-refractivity contribution in [2.45, 2.75) is 19.6 Å². The van der Waals surface area contributed by atoms with Crippen LogP contribution in [0.25, 0.3) is 22.4 Å². The van der Waals surface area contributed by atoms with Gasteiger partial charge in [0, 0.05) is 30.9 Å². The van der Waals surface area contributed by atoms with E-state index in [1.54, 1.807) is 31.3 Å². The molecule has 0 spiro atoms. The van der Waals surface area contributed by atoms with E-state index in [4.69, 9.17) is 0 Å². The maximum absolute atomic E-state index is 13.1. The number of benzene rings is 3. The Bertz CT molecular complexity index is 1730. The van der Waals surface area contributed by atoms with Gasteiger partial charge in [-0.1, -0.05) is 54.6 Å². The second-order valence-electron chi connectivity index (χ2n) is 9.58. The van der Waals surface area contributed by atoms with Gasteiger partial charge in [-0.25, -0.2) is 4.98 Å². The van der Waals surface area contributed by atoms with Crippen molar-refractivity contribution in [1.82, 2.24) is 25.1 Å². The summed E-state index contributed by atoms with van der Waals surface area (Å²) < 4.78 is 40.4. The molecule has 0 bridgehead atoms. The third-order valence-electron chi connectivity index (χ3n) is 6.52. The Morgan fingerprint density at radius 3 is 2.19 bits per heavy atom. The normalized spacial score (nSPS) is 11.3. The average Bonchev–Trinajstić information content (AvgIpc) is 3.36. The van der Waals surface area contributed by atoms with E-state index in [9.17, 15) is 22.8 Å². The van der Waals surface area contributed by atoms with Gasteiger partial charge in [-0.2, -0.15) is 23.4 Å². The van der Waals surface area contributed by atoms with Crippen molar-refractivity contribution in [2.75, 3.05) is 5.32 Å². The third kappa shape index (κ3) is 6.35. The first-order valence-corrected chi connectivity index (χ1v) is 12.9. The zero-order chi connectivity index (χ0) is 29.9. The number of carbonyl (C=O) groups excluding carboxylic acids is 2. The Morgan fingerprint density at radius 2 is 1.52 bits per heavy atom. The minimum Gasteiger partial charge on any atom is -0.345 e. The SMILES string of the molecule is Cc1ccc(-c2ccc(CNC(=O)c3nc(NC(=O)c4ccccc4-c4ccc(C(F)(F)F)cc4)cn3C)cc2)nn1.